The monoisotopic (exact) mass is 457 g/mol. The smallest absolute Gasteiger partial charge is 0.0876 e. The van der Waals surface area contributed by atoms with E-state index >= 15 is 0 Å². The van der Waals surface area contributed by atoms with Gasteiger partial charge in [-0.25, -0.2) is 0 Å². The van der Waals surface area contributed by atoms with Crippen LogP contribution in [0.4, 0.5) is 0 Å². The average molecular weight is 458 g/mol. The van der Waals surface area contributed by atoms with Crippen LogP contribution in [0.3, 0.4) is 0 Å². The molecule has 1 aromatic heterocycles. The van der Waals surface area contributed by atoms with Crippen LogP contribution in [0.1, 0.15) is 11.5 Å². The van der Waals surface area contributed by atoms with Crippen LogP contribution in [0, 0.1) is 0 Å². The number of hydrogen-bond donors (Lipinski definition) is 0. The summed E-state index contributed by atoms with van der Waals surface area (Å²) in [6.45, 7) is 0. The van der Waals surface area contributed by atoms with E-state index in [0.29, 0.717) is 11.2 Å². The van der Waals surface area contributed by atoms with Crippen molar-refractivity contribution in [3.63, 3.8) is 0 Å². The molecule has 2 atom stereocenters. The Morgan fingerprint density at radius 1 is 0.697 bits per heavy atom. The fourth-order valence-electron chi connectivity index (χ4n) is 5.47. The molecule has 1 nitrogen and oxygen atoms in total. The number of para-hydroxylation sites is 1. The normalized spacial score (nSPS) is 19.0. The molecule has 0 bridgehead atoms. The van der Waals surface area contributed by atoms with Crippen molar-refractivity contribution < 1.29 is 0 Å². The minimum absolute atomic E-state index is 0.488. The van der Waals surface area contributed by atoms with Crippen molar-refractivity contribution in [2.75, 3.05) is 0 Å². The van der Waals surface area contributed by atoms with E-state index in [1.165, 1.54) is 48.3 Å². The van der Waals surface area contributed by atoms with E-state index in [-0.39, 0.29) is 0 Å². The SMILES string of the molecule is C1=CC2Sc3c(ccc4c3c3ccccc3n4-c3cccc([SiH2]c4ccccc4)c3)C2C=C1. The maximum Gasteiger partial charge on any atom is 0.0876 e. The van der Waals surface area contributed by atoms with Gasteiger partial charge in [0.15, 0.2) is 0 Å². The average Bonchev–Trinajstić information content (AvgIpc) is 3.40. The first-order chi connectivity index (χ1) is 16.4. The summed E-state index contributed by atoms with van der Waals surface area (Å²) in [4.78, 5) is 1.46. The van der Waals surface area contributed by atoms with Gasteiger partial charge in [-0.2, -0.15) is 0 Å². The zero-order valence-electron chi connectivity index (χ0n) is 18.2. The minimum atomic E-state index is -0.502. The van der Waals surface area contributed by atoms with Crippen molar-refractivity contribution in [1.82, 2.24) is 4.57 Å². The lowest BCUT2D eigenvalue weighted by Gasteiger charge is -2.14. The molecule has 0 spiro atoms. The highest BCUT2D eigenvalue weighted by Gasteiger charge is 2.33. The van der Waals surface area contributed by atoms with Gasteiger partial charge in [0.25, 0.3) is 0 Å². The Morgan fingerprint density at radius 3 is 2.45 bits per heavy atom. The topological polar surface area (TPSA) is 4.93 Å². The first kappa shape index (κ1) is 19.2. The quantitative estimate of drug-likeness (QED) is 0.320. The van der Waals surface area contributed by atoms with Crippen molar-refractivity contribution in [2.45, 2.75) is 16.1 Å². The summed E-state index contributed by atoms with van der Waals surface area (Å²) < 4.78 is 2.47. The van der Waals surface area contributed by atoms with E-state index in [2.05, 4.69) is 120 Å². The number of thioether (sulfide) groups is 1. The van der Waals surface area contributed by atoms with Crippen molar-refractivity contribution in [1.29, 1.82) is 0 Å². The van der Waals surface area contributed by atoms with E-state index in [4.69, 9.17) is 0 Å². The summed E-state index contributed by atoms with van der Waals surface area (Å²) in [7, 11) is -0.502. The maximum atomic E-state index is 2.47. The summed E-state index contributed by atoms with van der Waals surface area (Å²) in [5, 5.41) is 6.23. The molecule has 1 aliphatic carbocycles. The van der Waals surface area contributed by atoms with Crippen molar-refractivity contribution >= 4 is 53.5 Å². The van der Waals surface area contributed by atoms with Crippen molar-refractivity contribution in [2.24, 2.45) is 0 Å². The van der Waals surface area contributed by atoms with Gasteiger partial charge >= 0.3 is 0 Å². The lowest BCUT2D eigenvalue weighted by atomic mass is 9.91. The molecule has 0 radical (unpaired) electrons. The van der Waals surface area contributed by atoms with Crippen molar-refractivity contribution in [3.8, 4) is 5.69 Å². The second-order valence-corrected chi connectivity index (χ2v) is 12.1. The summed E-state index contributed by atoms with van der Waals surface area (Å²) in [6.07, 6.45) is 9.12. The van der Waals surface area contributed by atoms with Gasteiger partial charge in [0.1, 0.15) is 0 Å². The zero-order chi connectivity index (χ0) is 21.8. The fourth-order valence-corrected chi connectivity index (χ4v) is 8.51. The highest BCUT2D eigenvalue weighted by atomic mass is 32.2. The van der Waals surface area contributed by atoms with Gasteiger partial charge in [-0.3, -0.25) is 0 Å². The summed E-state index contributed by atoms with van der Waals surface area (Å²) >= 11 is 2.03. The van der Waals surface area contributed by atoms with Crippen LogP contribution in [0.15, 0.2) is 120 Å². The Morgan fingerprint density at radius 2 is 1.52 bits per heavy atom. The minimum Gasteiger partial charge on any atom is -0.309 e. The second kappa shape index (κ2) is 7.65. The molecular weight excluding hydrogens is 434 g/mol. The number of allylic oxidation sites excluding steroid dienone is 3. The Hall–Kier alpha value is -3.27. The first-order valence-corrected chi connectivity index (χ1v) is 13.9. The van der Waals surface area contributed by atoms with E-state index in [1.807, 2.05) is 11.8 Å². The fraction of sp³-hybridized carbons (Fsp3) is 0.0667. The Bertz CT molecular complexity index is 1580. The van der Waals surface area contributed by atoms with Crippen LogP contribution in [-0.4, -0.2) is 19.3 Å². The lowest BCUT2D eigenvalue weighted by molar-refractivity contribution is 0.883. The predicted molar refractivity (Wildman–Crippen MR) is 146 cm³/mol. The van der Waals surface area contributed by atoms with E-state index < -0.39 is 9.52 Å². The molecule has 4 aromatic carbocycles. The molecule has 5 aromatic rings. The molecule has 0 fully saturated rings. The van der Waals surface area contributed by atoms with E-state index in [1.54, 1.807) is 0 Å². The molecule has 1 aliphatic heterocycles. The molecular formula is C30H23NSSi. The molecule has 0 saturated carbocycles. The van der Waals surface area contributed by atoms with Gasteiger partial charge in [-0.05, 0) is 29.8 Å². The third-order valence-electron chi connectivity index (χ3n) is 6.94. The number of aromatic nitrogens is 1. The molecule has 0 amide bonds. The summed E-state index contributed by atoms with van der Waals surface area (Å²) in [5.74, 6) is 0.488. The van der Waals surface area contributed by atoms with E-state index in [0.717, 1.165) is 0 Å². The summed E-state index contributed by atoms with van der Waals surface area (Å²) in [5.41, 5.74) is 5.35. The molecule has 2 unspecified atom stereocenters. The van der Waals surface area contributed by atoms with Crippen LogP contribution in [0.5, 0.6) is 0 Å². The highest BCUT2D eigenvalue weighted by Crippen LogP contribution is 2.52. The molecule has 2 aliphatic rings. The third-order valence-corrected chi connectivity index (χ3v) is 10.1. The molecule has 0 saturated heterocycles. The zero-order valence-corrected chi connectivity index (χ0v) is 20.4. The first-order valence-electron chi connectivity index (χ1n) is 11.6. The van der Waals surface area contributed by atoms with E-state index in [9.17, 15) is 0 Å². The largest absolute Gasteiger partial charge is 0.309 e. The molecule has 33 heavy (non-hydrogen) atoms. The summed E-state index contributed by atoms with van der Waals surface area (Å²) in [6, 6.07) is 33.8. The van der Waals surface area contributed by atoms with Crippen molar-refractivity contribution in [3.05, 3.63) is 121 Å². The van der Waals surface area contributed by atoms with Gasteiger partial charge in [0.2, 0.25) is 0 Å². The highest BCUT2D eigenvalue weighted by molar-refractivity contribution is 8.00. The second-order valence-electron chi connectivity index (χ2n) is 8.94. The standard InChI is InChI=1S/C30H23NSSi/c1-2-10-21(11-3-1)33-22-12-8-9-20(19-22)31-26-15-6-4-14-25(26)29-27(31)18-17-24-23-13-5-7-16-28(23)32-30(24)29/h1-19,23,28H,33H2. The van der Waals surface area contributed by atoms with Gasteiger partial charge in [0.05, 0.1) is 20.6 Å². The molecule has 0 N–H and O–H groups in total. The van der Waals surface area contributed by atoms with Gasteiger partial charge in [-0.1, -0.05) is 101 Å². The molecule has 3 heteroatoms. The number of fused-ring (bicyclic) bond motifs is 7. The molecule has 158 valence electrons. The van der Waals surface area contributed by atoms with Crippen LogP contribution >= 0.6 is 11.8 Å². The number of benzene rings is 4. The number of rotatable bonds is 3. The Labute approximate surface area is 200 Å². The van der Waals surface area contributed by atoms with Gasteiger partial charge in [-0.15, -0.1) is 11.8 Å². The number of nitrogens with zero attached hydrogens (tertiary/aromatic N) is 1. The van der Waals surface area contributed by atoms with Crippen LogP contribution in [0.2, 0.25) is 0 Å². The van der Waals surface area contributed by atoms with Gasteiger partial charge < -0.3 is 4.57 Å². The Kier molecular flexibility index (Phi) is 4.46. The lowest BCUT2D eigenvalue weighted by Crippen LogP contribution is -2.26. The molecule has 7 rings (SSSR count). The maximum absolute atomic E-state index is 2.47. The van der Waals surface area contributed by atoms with Crippen LogP contribution < -0.4 is 10.4 Å². The van der Waals surface area contributed by atoms with Crippen LogP contribution in [0.25, 0.3) is 27.5 Å². The van der Waals surface area contributed by atoms with Crippen LogP contribution in [-0.2, 0) is 0 Å². The third kappa shape index (κ3) is 3.07. The Balaban J connectivity index is 1.43. The predicted octanol–water partition coefficient (Wildman–Crippen LogP) is 5.59. The molecule has 2 heterocycles. The number of hydrogen-bond acceptors (Lipinski definition) is 1. The van der Waals surface area contributed by atoms with Gasteiger partial charge in [0, 0.05) is 32.5 Å².